The summed E-state index contributed by atoms with van der Waals surface area (Å²) in [6.07, 6.45) is 5.15. The van der Waals surface area contributed by atoms with E-state index in [4.69, 9.17) is 0 Å². The van der Waals surface area contributed by atoms with E-state index in [-0.39, 0.29) is 0 Å². The van der Waals surface area contributed by atoms with Crippen LogP contribution in [-0.4, -0.2) is 36.5 Å². The van der Waals surface area contributed by atoms with Gasteiger partial charge in [0.15, 0.2) is 0 Å². The van der Waals surface area contributed by atoms with Gasteiger partial charge in [0.05, 0.1) is 0 Å². The van der Waals surface area contributed by atoms with Gasteiger partial charge in [0.2, 0.25) is 5.91 Å². The topological polar surface area (TPSA) is 32.3 Å². The third-order valence-electron chi connectivity index (χ3n) is 3.88. The van der Waals surface area contributed by atoms with Crippen molar-refractivity contribution in [3.05, 3.63) is 0 Å². The monoisotopic (exact) mass is 240 g/mol. The lowest BCUT2D eigenvalue weighted by atomic mass is 9.98. The van der Waals surface area contributed by atoms with Crippen LogP contribution in [0.2, 0.25) is 0 Å². The van der Waals surface area contributed by atoms with E-state index >= 15 is 0 Å². The molecule has 100 valence electrons. The molecule has 1 atom stereocenters. The van der Waals surface area contributed by atoms with Crippen LogP contribution in [-0.2, 0) is 4.79 Å². The van der Waals surface area contributed by atoms with E-state index in [0.717, 1.165) is 51.7 Å². The zero-order valence-corrected chi connectivity index (χ0v) is 11.7. The van der Waals surface area contributed by atoms with Gasteiger partial charge in [0.25, 0.3) is 0 Å². The van der Waals surface area contributed by atoms with Gasteiger partial charge in [0.1, 0.15) is 0 Å². The fourth-order valence-electron chi connectivity index (χ4n) is 2.60. The highest BCUT2D eigenvalue weighted by atomic mass is 16.2. The van der Waals surface area contributed by atoms with E-state index in [1.807, 2.05) is 0 Å². The molecule has 1 rings (SSSR count). The van der Waals surface area contributed by atoms with Crippen LogP contribution in [0.4, 0.5) is 0 Å². The second kappa shape index (κ2) is 7.70. The van der Waals surface area contributed by atoms with E-state index in [9.17, 15) is 4.79 Å². The molecular formula is C14H28N2O. The van der Waals surface area contributed by atoms with E-state index < -0.39 is 0 Å². The van der Waals surface area contributed by atoms with Crippen molar-refractivity contribution in [2.24, 2.45) is 5.92 Å². The Hall–Kier alpha value is -0.570. The van der Waals surface area contributed by atoms with Gasteiger partial charge in [0, 0.05) is 25.6 Å². The predicted molar refractivity (Wildman–Crippen MR) is 72.0 cm³/mol. The Morgan fingerprint density at radius 2 is 2.06 bits per heavy atom. The largest absolute Gasteiger partial charge is 0.338 e. The van der Waals surface area contributed by atoms with E-state index in [2.05, 4.69) is 31.0 Å². The molecule has 0 aromatic heterocycles. The van der Waals surface area contributed by atoms with Crippen molar-refractivity contribution >= 4 is 5.91 Å². The molecule has 0 aliphatic carbocycles. The fraction of sp³-hybridized carbons (Fsp3) is 0.929. The van der Waals surface area contributed by atoms with Gasteiger partial charge in [-0.25, -0.2) is 0 Å². The van der Waals surface area contributed by atoms with Crippen LogP contribution in [0.25, 0.3) is 0 Å². The summed E-state index contributed by atoms with van der Waals surface area (Å²) in [5, 5.41) is 3.35. The molecule has 3 heteroatoms. The highest BCUT2D eigenvalue weighted by Crippen LogP contribution is 2.17. The number of carbonyl (C=O) groups is 1. The van der Waals surface area contributed by atoms with Gasteiger partial charge >= 0.3 is 0 Å². The maximum Gasteiger partial charge on any atom is 0.223 e. The SMILES string of the molecule is CCCN(C(=O)CC(CC)CC)C1CCNC1. The highest BCUT2D eigenvalue weighted by molar-refractivity contribution is 5.76. The molecule has 0 radical (unpaired) electrons. The van der Waals surface area contributed by atoms with Crippen LogP contribution in [0, 0.1) is 5.92 Å². The zero-order valence-electron chi connectivity index (χ0n) is 11.7. The molecule has 1 unspecified atom stereocenters. The smallest absolute Gasteiger partial charge is 0.223 e. The maximum atomic E-state index is 12.3. The summed E-state index contributed by atoms with van der Waals surface area (Å²) < 4.78 is 0. The van der Waals surface area contributed by atoms with E-state index in [1.165, 1.54) is 0 Å². The van der Waals surface area contributed by atoms with Crippen molar-refractivity contribution in [1.29, 1.82) is 0 Å². The fourth-order valence-corrected chi connectivity index (χ4v) is 2.60. The van der Waals surface area contributed by atoms with Gasteiger partial charge in [-0.15, -0.1) is 0 Å². The quantitative estimate of drug-likeness (QED) is 0.741. The van der Waals surface area contributed by atoms with Crippen molar-refractivity contribution in [3.8, 4) is 0 Å². The first-order valence-electron chi connectivity index (χ1n) is 7.23. The van der Waals surface area contributed by atoms with Gasteiger partial charge in [-0.2, -0.15) is 0 Å². The first kappa shape index (κ1) is 14.5. The van der Waals surface area contributed by atoms with Crippen LogP contribution in [0.3, 0.4) is 0 Å². The average molecular weight is 240 g/mol. The molecule has 17 heavy (non-hydrogen) atoms. The van der Waals surface area contributed by atoms with E-state index in [1.54, 1.807) is 0 Å². The molecule has 1 N–H and O–H groups in total. The van der Waals surface area contributed by atoms with Crippen LogP contribution in [0.5, 0.6) is 0 Å². The van der Waals surface area contributed by atoms with Gasteiger partial charge < -0.3 is 10.2 Å². The Balaban J connectivity index is 2.53. The minimum absolute atomic E-state index is 0.370. The Morgan fingerprint density at radius 3 is 2.53 bits per heavy atom. The van der Waals surface area contributed by atoms with Gasteiger partial charge in [-0.05, 0) is 25.3 Å². The first-order valence-corrected chi connectivity index (χ1v) is 7.23. The van der Waals surface area contributed by atoms with E-state index in [0.29, 0.717) is 17.9 Å². The summed E-state index contributed by atoms with van der Waals surface area (Å²) in [7, 11) is 0. The third kappa shape index (κ3) is 4.30. The molecule has 1 aliphatic rings. The Bertz CT molecular complexity index is 220. The lowest BCUT2D eigenvalue weighted by Crippen LogP contribution is -2.42. The number of nitrogens with zero attached hydrogens (tertiary/aromatic N) is 1. The van der Waals surface area contributed by atoms with Gasteiger partial charge in [-0.1, -0.05) is 33.6 Å². The number of nitrogens with one attached hydrogen (secondary N) is 1. The molecule has 0 aromatic rings. The van der Waals surface area contributed by atoms with Crippen molar-refractivity contribution in [2.75, 3.05) is 19.6 Å². The van der Waals surface area contributed by atoms with Crippen LogP contribution in [0.15, 0.2) is 0 Å². The Kier molecular flexibility index (Phi) is 6.56. The number of hydrogen-bond donors (Lipinski definition) is 1. The second-order valence-corrected chi connectivity index (χ2v) is 5.12. The van der Waals surface area contributed by atoms with Crippen LogP contribution >= 0.6 is 0 Å². The highest BCUT2D eigenvalue weighted by Gasteiger charge is 2.26. The number of carbonyl (C=O) groups excluding carboxylic acids is 1. The maximum absolute atomic E-state index is 12.3. The molecule has 0 bridgehead atoms. The van der Waals surface area contributed by atoms with Crippen LogP contribution < -0.4 is 5.32 Å². The van der Waals surface area contributed by atoms with Crippen molar-refractivity contribution in [3.63, 3.8) is 0 Å². The summed E-state index contributed by atoms with van der Waals surface area (Å²) in [4.78, 5) is 14.5. The standard InChI is InChI=1S/C14H28N2O/c1-4-9-16(13-7-8-15-11-13)14(17)10-12(5-2)6-3/h12-13,15H,4-11H2,1-3H3. The van der Waals surface area contributed by atoms with Gasteiger partial charge in [-0.3, -0.25) is 4.79 Å². The molecule has 0 spiro atoms. The molecule has 1 aliphatic heterocycles. The zero-order chi connectivity index (χ0) is 12.7. The summed E-state index contributed by atoms with van der Waals surface area (Å²) in [5.41, 5.74) is 0. The number of amides is 1. The third-order valence-corrected chi connectivity index (χ3v) is 3.88. The molecule has 0 saturated carbocycles. The molecule has 1 fully saturated rings. The number of hydrogen-bond acceptors (Lipinski definition) is 2. The second-order valence-electron chi connectivity index (χ2n) is 5.12. The molecule has 1 heterocycles. The lowest BCUT2D eigenvalue weighted by Gasteiger charge is -2.29. The summed E-state index contributed by atoms with van der Waals surface area (Å²) >= 11 is 0. The minimum atomic E-state index is 0.370. The molecular weight excluding hydrogens is 212 g/mol. The van der Waals surface area contributed by atoms with Crippen molar-refractivity contribution in [2.45, 2.75) is 58.9 Å². The molecule has 3 nitrogen and oxygen atoms in total. The summed E-state index contributed by atoms with van der Waals surface area (Å²) in [5.74, 6) is 0.936. The molecule has 1 saturated heterocycles. The number of rotatable bonds is 7. The predicted octanol–water partition coefficient (Wildman–Crippen LogP) is 2.41. The normalized spacial score (nSPS) is 19.9. The molecule has 1 amide bonds. The van der Waals surface area contributed by atoms with Crippen molar-refractivity contribution < 1.29 is 4.79 Å². The summed E-state index contributed by atoms with van der Waals surface area (Å²) in [6, 6.07) is 0.441. The van der Waals surface area contributed by atoms with Crippen molar-refractivity contribution in [1.82, 2.24) is 10.2 Å². The Labute approximate surface area is 106 Å². The first-order chi connectivity index (χ1) is 8.22. The average Bonchev–Trinajstić information content (AvgIpc) is 2.86. The lowest BCUT2D eigenvalue weighted by molar-refractivity contribution is -0.134. The Morgan fingerprint density at radius 1 is 1.35 bits per heavy atom. The molecule has 0 aromatic carbocycles. The van der Waals surface area contributed by atoms with Crippen LogP contribution in [0.1, 0.15) is 52.9 Å². The minimum Gasteiger partial charge on any atom is -0.338 e. The summed E-state index contributed by atoms with van der Waals surface area (Å²) in [6.45, 7) is 9.48.